The molecule has 0 unspecified atom stereocenters. The molecule has 1 amide bonds. The van der Waals surface area contributed by atoms with Gasteiger partial charge in [0.1, 0.15) is 0 Å². The van der Waals surface area contributed by atoms with E-state index in [1.807, 2.05) is 36.4 Å². The number of rotatable bonds is 1. The monoisotopic (exact) mass is 152 g/mol. The molecule has 3 nitrogen and oxygen atoms in total. The van der Waals surface area contributed by atoms with Gasteiger partial charge in [0.25, 0.3) is 0 Å². The molecule has 0 atom stereocenters. The standard InChI is InChI=1S/C6H6.C2H6N2O/c1-2-4-6-5-3-1;3-1-2(4)5/h1-6H;1,3H2,(H2,4,5). The lowest BCUT2D eigenvalue weighted by Crippen LogP contribution is -2.21. The largest absolute Gasteiger partial charge is 0.369 e. The molecule has 0 fully saturated rings. The van der Waals surface area contributed by atoms with Crippen molar-refractivity contribution >= 4 is 5.91 Å². The number of amides is 1. The van der Waals surface area contributed by atoms with Gasteiger partial charge in [-0.2, -0.15) is 0 Å². The molecule has 1 aromatic rings. The van der Waals surface area contributed by atoms with Crippen molar-refractivity contribution in [2.24, 2.45) is 11.5 Å². The summed E-state index contributed by atoms with van der Waals surface area (Å²) in [4.78, 5) is 9.47. The van der Waals surface area contributed by atoms with Crippen LogP contribution in [0.5, 0.6) is 0 Å². The smallest absolute Gasteiger partial charge is 0.231 e. The summed E-state index contributed by atoms with van der Waals surface area (Å²) in [5.74, 6) is -0.468. The van der Waals surface area contributed by atoms with Crippen LogP contribution in [0.2, 0.25) is 0 Å². The molecule has 0 aliphatic rings. The van der Waals surface area contributed by atoms with E-state index >= 15 is 0 Å². The van der Waals surface area contributed by atoms with Crippen molar-refractivity contribution in [3.05, 3.63) is 36.4 Å². The maximum Gasteiger partial charge on any atom is 0.231 e. The number of nitrogens with two attached hydrogens (primary N) is 2. The zero-order valence-corrected chi connectivity index (χ0v) is 6.23. The second-order valence-corrected chi connectivity index (χ2v) is 1.83. The highest BCUT2D eigenvalue weighted by atomic mass is 16.1. The van der Waals surface area contributed by atoms with Gasteiger partial charge in [-0.1, -0.05) is 36.4 Å². The molecule has 0 aliphatic carbocycles. The van der Waals surface area contributed by atoms with Crippen LogP contribution in [-0.2, 0) is 4.79 Å². The van der Waals surface area contributed by atoms with Gasteiger partial charge in [-0.25, -0.2) is 0 Å². The van der Waals surface area contributed by atoms with E-state index in [9.17, 15) is 4.79 Å². The summed E-state index contributed by atoms with van der Waals surface area (Å²) in [6, 6.07) is 12.0. The molecule has 0 saturated heterocycles. The van der Waals surface area contributed by atoms with Crippen LogP contribution in [0.3, 0.4) is 0 Å². The van der Waals surface area contributed by atoms with Crippen LogP contribution in [-0.4, -0.2) is 12.5 Å². The average molecular weight is 152 g/mol. The van der Waals surface area contributed by atoms with Gasteiger partial charge in [0.15, 0.2) is 0 Å². The van der Waals surface area contributed by atoms with Gasteiger partial charge in [0, 0.05) is 0 Å². The highest BCUT2D eigenvalue weighted by molar-refractivity contribution is 5.75. The molecule has 0 aromatic heterocycles. The van der Waals surface area contributed by atoms with E-state index in [-0.39, 0.29) is 6.54 Å². The van der Waals surface area contributed by atoms with Crippen molar-refractivity contribution in [3.63, 3.8) is 0 Å². The van der Waals surface area contributed by atoms with Crippen LogP contribution in [0.4, 0.5) is 0 Å². The predicted molar refractivity (Wildman–Crippen MR) is 44.7 cm³/mol. The molecule has 1 aromatic carbocycles. The number of hydrogen-bond acceptors (Lipinski definition) is 2. The Morgan fingerprint density at radius 1 is 1.00 bits per heavy atom. The molecule has 1 rings (SSSR count). The van der Waals surface area contributed by atoms with Crippen molar-refractivity contribution in [1.29, 1.82) is 0 Å². The first-order chi connectivity index (χ1) is 5.27. The van der Waals surface area contributed by atoms with E-state index in [2.05, 4.69) is 5.73 Å². The number of benzene rings is 1. The van der Waals surface area contributed by atoms with E-state index in [4.69, 9.17) is 5.73 Å². The highest BCUT2D eigenvalue weighted by Gasteiger charge is 1.77. The van der Waals surface area contributed by atoms with Gasteiger partial charge < -0.3 is 11.5 Å². The molecule has 4 N–H and O–H groups in total. The first-order valence-electron chi connectivity index (χ1n) is 3.25. The van der Waals surface area contributed by atoms with E-state index < -0.39 is 5.91 Å². The van der Waals surface area contributed by atoms with Crippen LogP contribution >= 0.6 is 0 Å². The summed E-state index contributed by atoms with van der Waals surface area (Å²) >= 11 is 0. The van der Waals surface area contributed by atoms with Crippen molar-refractivity contribution in [3.8, 4) is 0 Å². The topological polar surface area (TPSA) is 69.1 Å². The number of carbonyl (C=O) groups excluding carboxylic acids is 1. The van der Waals surface area contributed by atoms with Crippen LogP contribution in [0, 0.1) is 0 Å². The third kappa shape index (κ3) is 8.65. The number of carbonyl (C=O) groups is 1. The van der Waals surface area contributed by atoms with Crippen molar-refractivity contribution < 1.29 is 4.79 Å². The van der Waals surface area contributed by atoms with Crippen molar-refractivity contribution in [2.45, 2.75) is 0 Å². The van der Waals surface area contributed by atoms with Gasteiger partial charge in [0.05, 0.1) is 6.54 Å². The normalized spacial score (nSPS) is 7.73. The summed E-state index contributed by atoms with van der Waals surface area (Å²) in [6.45, 7) is -0.0556. The number of primary amides is 1. The third-order valence-electron chi connectivity index (χ3n) is 0.868. The maximum absolute atomic E-state index is 9.47. The molecule has 60 valence electrons. The quantitative estimate of drug-likeness (QED) is 0.600. The average Bonchev–Trinajstić information content (AvgIpc) is 2.09. The highest BCUT2D eigenvalue weighted by Crippen LogP contribution is 1.79. The van der Waals surface area contributed by atoms with E-state index in [1.165, 1.54) is 0 Å². The summed E-state index contributed by atoms with van der Waals surface area (Å²) in [6.07, 6.45) is 0. The molecule has 0 saturated carbocycles. The minimum Gasteiger partial charge on any atom is -0.369 e. The molecule has 0 bridgehead atoms. The summed E-state index contributed by atoms with van der Waals surface area (Å²) in [7, 11) is 0. The zero-order valence-electron chi connectivity index (χ0n) is 6.23. The second-order valence-electron chi connectivity index (χ2n) is 1.83. The number of hydrogen-bond donors (Lipinski definition) is 2. The Balaban J connectivity index is 0.000000187. The van der Waals surface area contributed by atoms with Gasteiger partial charge in [-0.3, -0.25) is 4.79 Å². The Morgan fingerprint density at radius 3 is 1.27 bits per heavy atom. The minimum absolute atomic E-state index is 0.0556. The fourth-order valence-corrected chi connectivity index (χ4v) is 0.385. The summed E-state index contributed by atoms with van der Waals surface area (Å²) in [5, 5.41) is 0. The Kier molecular flexibility index (Phi) is 5.94. The molecule has 0 aliphatic heterocycles. The summed E-state index contributed by atoms with van der Waals surface area (Å²) < 4.78 is 0. The molecule has 0 spiro atoms. The Bertz CT molecular complexity index is 160. The maximum atomic E-state index is 9.47. The first-order valence-corrected chi connectivity index (χ1v) is 3.25. The van der Waals surface area contributed by atoms with Gasteiger partial charge >= 0.3 is 0 Å². The molecule has 11 heavy (non-hydrogen) atoms. The Hall–Kier alpha value is -1.35. The van der Waals surface area contributed by atoms with Crippen LogP contribution in [0.15, 0.2) is 36.4 Å². The van der Waals surface area contributed by atoms with Gasteiger partial charge in [-0.15, -0.1) is 0 Å². The third-order valence-corrected chi connectivity index (χ3v) is 0.868. The molecular formula is C8H12N2O. The van der Waals surface area contributed by atoms with E-state index in [0.29, 0.717) is 0 Å². The second kappa shape index (κ2) is 6.77. The van der Waals surface area contributed by atoms with Crippen LogP contribution < -0.4 is 11.5 Å². The van der Waals surface area contributed by atoms with Gasteiger partial charge in [0.2, 0.25) is 5.91 Å². The van der Waals surface area contributed by atoms with Crippen molar-refractivity contribution in [1.82, 2.24) is 0 Å². The fourth-order valence-electron chi connectivity index (χ4n) is 0.385. The molecule has 0 heterocycles. The lowest BCUT2D eigenvalue weighted by atomic mass is 10.4. The van der Waals surface area contributed by atoms with E-state index in [1.54, 1.807) is 0 Å². The van der Waals surface area contributed by atoms with Crippen LogP contribution in [0.1, 0.15) is 0 Å². The lowest BCUT2D eigenvalue weighted by Gasteiger charge is -1.74. The lowest BCUT2D eigenvalue weighted by molar-refractivity contribution is -0.116. The zero-order chi connectivity index (χ0) is 8.53. The Morgan fingerprint density at radius 2 is 1.18 bits per heavy atom. The predicted octanol–water partition coefficient (Wildman–Crippen LogP) is 0.117. The molecule has 0 radical (unpaired) electrons. The Labute approximate surface area is 66.0 Å². The first kappa shape index (κ1) is 9.65. The molecule has 3 heteroatoms. The SMILES string of the molecule is NCC(N)=O.c1ccccc1. The summed E-state index contributed by atoms with van der Waals surface area (Å²) in [5.41, 5.74) is 9.22. The van der Waals surface area contributed by atoms with Crippen molar-refractivity contribution in [2.75, 3.05) is 6.54 Å². The van der Waals surface area contributed by atoms with Crippen LogP contribution in [0.25, 0.3) is 0 Å². The van der Waals surface area contributed by atoms with E-state index in [0.717, 1.165) is 0 Å². The fraction of sp³-hybridized carbons (Fsp3) is 0.125. The minimum atomic E-state index is -0.468. The molecular weight excluding hydrogens is 140 g/mol. The van der Waals surface area contributed by atoms with Gasteiger partial charge in [-0.05, 0) is 0 Å².